The number of anilines is 1. The van der Waals surface area contributed by atoms with Crippen molar-refractivity contribution in [1.82, 2.24) is 4.90 Å². The van der Waals surface area contributed by atoms with Crippen LogP contribution >= 0.6 is 0 Å². The topological polar surface area (TPSA) is 49.4 Å². The number of hydrogen-bond acceptors (Lipinski definition) is 2. The van der Waals surface area contributed by atoms with Gasteiger partial charge >= 0.3 is 6.03 Å². The summed E-state index contributed by atoms with van der Waals surface area (Å²) in [4.78, 5) is 24.9. The Morgan fingerprint density at radius 2 is 1.74 bits per heavy atom. The second kappa shape index (κ2) is 5.87. The highest BCUT2D eigenvalue weighted by Crippen LogP contribution is 2.18. The summed E-state index contributed by atoms with van der Waals surface area (Å²) in [7, 11) is 1.78. The van der Waals surface area contributed by atoms with Crippen molar-refractivity contribution in [3.05, 3.63) is 29.8 Å². The largest absolute Gasteiger partial charge is 0.322 e. The van der Waals surface area contributed by atoms with Crippen LogP contribution in [0.15, 0.2) is 24.3 Å². The van der Waals surface area contributed by atoms with E-state index in [1.807, 2.05) is 20.8 Å². The van der Waals surface area contributed by atoms with Crippen LogP contribution in [-0.2, 0) is 0 Å². The van der Waals surface area contributed by atoms with E-state index in [4.69, 9.17) is 0 Å². The van der Waals surface area contributed by atoms with E-state index in [0.29, 0.717) is 11.3 Å². The van der Waals surface area contributed by atoms with Gasteiger partial charge in [0.2, 0.25) is 0 Å². The molecule has 104 valence electrons. The fourth-order valence-electron chi connectivity index (χ4n) is 1.51. The van der Waals surface area contributed by atoms with E-state index < -0.39 is 0 Å². The zero-order chi connectivity index (χ0) is 14.6. The van der Waals surface area contributed by atoms with Gasteiger partial charge in [-0.2, -0.15) is 0 Å². The molecule has 2 amide bonds. The van der Waals surface area contributed by atoms with Crippen molar-refractivity contribution in [1.29, 1.82) is 0 Å². The first kappa shape index (κ1) is 15.2. The van der Waals surface area contributed by atoms with Gasteiger partial charge in [0.1, 0.15) is 0 Å². The number of Topliss-reactive ketones (excluding diaryl/α,β-unsaturated/α-hetero) is 1. The Balaban J connectivity index is 2.74. The highest BCUT2D eigenvalue weighted by molar-refractivity contribution is 5.95. The molecule has 0 spiro atoms. The minimum atomic E-state index is -0.191. The van der Waals surface area contributed by atoms with Crippen molar-refractivity contribution in [2.24, 2.45) is 0 Å². The van der Waals surface area contributed by atoms with Crippen LogP contribution in [0.25, 0.3) is 0 Å². The summed E-state index contributed by atoms with van der Waals surface area (Å²) in [6.45, 7) is 7.60. The molecule has 0 atom stereocenters. The smallest absolute Gasteiger partial charge is 0.322 e. The molecule has 0 fully saturated rings. The molecular formula is C15H22N2O2. The number of ketones is 1. The summed E-state index contributed by atoms with van der Waals surface area (Å²) in [6, 6.07) is 6.75. The first-order chi connectivity index (χ1) is 8.77. The fourth-order valence-corrected chi connectivity index (χ4v) is 1.51. The molecule has 0 aliphatic carbocycles. The van der Waals surface area contributed by atoms with Gasteiger partial charge in [-0.15, -0.1) is 0 Å². The molecule has 1 aromatic rings. The molecule has 0 aliphatic heterocycles. The Kier molecular flexibility index (Phi) is 4.70. The lowest BCUT2D eigenvalue weighted by Gasteiger charge is -2.34. The van der Waals surface area contributed by atoms with Crippen LogP contribution in [0, 0.1) is 0 Å². The van der Waals surface area contributed by atoms with Crippen molar-refractivity contribution in [2.45, 2.75) is 39.7 Å². The number of benzene rings is 1. The molecule has 0 saturated carbocycles. The first-order valence-electron chi connectivity index (χ1n) is 6.43. The summed E-state index contributed by atoms with van der Waals surface area (Å²) < 4.78 is 0. The van der Waals surface area contributed by atoms with Crippen molar-refractivity contribution >= 4 is 17.5 Å². The third-order valence-corrected chi connectivity index (χ3v) is 3.62. The monoisotopic (exact) mass is 262 g/mol. The minimum absolute atomic E-state index is 0.0158. The van der Waals surface area contributed by atoms with E-state index >= 15 is 0 Å². The van der Waals surface area contributed by atoms with Crippen molar-refractivity contribution in [2.75, 3.05) is 12.4 Å². The van der Waals surface area contributed by atoms with Crippen LogP contribution in [0.3, 0.4) is 0 Å². The maximum atomic E-state index is 12.1. The fraction of sp³-hybridized carbons (Fsp3) is 0.467. The molecule has 4 heteroatoms. The summed E-state index contributed by atoms with van der Waals surface area (Å²) in [6.07, 6.45) is 0.875. The quantitative estimate of drug-likeness (QED) is 0.844. The van der Waals surface area contributed by atoms with Crippen molar-refractivity contribution in [3.8, 4) is 0 Å². The van der Waals surface area contributed by atoms with Gasteiger partial charge in [0.15, 0.2) is 5.78 Å². The average Bonchev–Trinajstić information content (AvgIpc) is 2.38. The van der Waals surface area contributed by atoms with E-state index in [1.54, 1.807) is 36.2 Å². The molecule has 0 heterocycles. The summed E-state index contributed by atoms with van der Waals surface area (Å²) >= 11 is 0. The normalized spacial score (nSPS) is 11.0. The van der Waals surface area contributed by atoms with Crippen LogP contribution in [0.1, 0.15) is 44.5 Å². The lowest BCUT2D eigenvalue weighted by Crippen LogP contribution is -2.46. The predicted octanol–water partition coefficient (Wildman–Crippen LogP) is 3.54. The molecular weight excluding hydrogens is 240 g/mol. The maximum Gasteiger partial charge on any atom is 0.322 e. The lowest BCUT2D eigenvalue weighted by atomic mass is 10.0. The van der Waals surface area contributed by atoms with E-state index in [2.05, 4.69) is 5.32 Å². The van der Waals surface area contributed by atoms with Crippen molar-refractivity contribution in [3.63, 3.8) is 0 Å². The van der Waals surface area contributed by atoms with E-state index in [1.165, 1.54) is 6.92 Å². The Morgan fingerprint density at radius 3 is 2.16 bits per heavy atom. The number of carbonyl (C=O) groups excluding carboxylic acids is 2. The number of nitrogens with zero attached hydrogens (tertiary/aromatic N) is 1. The van der Waals surface area contributed by atoms with E-state index in [-0.39, 0.29) is 17.4 Å². The second-order valence-electron chi connectivity index (χ2n) is 5.29. The number of rotatable bonds is 4. The number of amides is 2. The highest BCUT2D eigenvalue weighted by Gasteiger charge is 2.25. The molecule has 0 unspecified atom stereocenters. The molecule has 1 aromatic carbocycles. The van der Waals surface area contributed by atoms with E-state index in [0.717, 1.165) is 6.42 Å². The molecule has 19 heavy (non-hydrogen) atoms. The van der Waals surface area contributed by atoms with Gasteiger partial charge in [-0.1, -0.05) is 6.92 Å². The van der Waals surface area contributed by atoms with Gasteiger partial charge in [0.05, 0.1) is 0 Å². The Hall–Kier alpha value is -1.84. The standard InChI is InChI=1S/C15H22N2O2/c1-6-15(3,4)17(5)14(19)16-13-9-7-12(8-10-13)11(2)18/h7-10H,6H2,1-5H3,(H,16,19). The van der Waals surface area contributed by atoms with Crippen LogP contribution in [-0.4, -0.2) is 29.3 Å². The summed E-state index contributed by atoms with van der Waals surface area (Å²) in [5.41, 5.74) is 1.14. The van der Waals surface area contributed by atoms with Crippen LogP contribution < -0.4 is 5.32 Å². The molecule has 1 N–H and O–H groups in total. The zero-order valence-electron chi connectivity index (χ0n) is 12.3. The van der Waals surface area contributed by atoms with Crippen LogP contribution in [0.2, 0.25) is 0 Å². The average molecular weight is 262 g/mol. The Labute approximate surface area is 114 Å². The van der Waals surface area contributed by atoms with Crippen LogP contribution in [0.4, 0.5) is 10.5 Å². The SMILES string of the molecule is CCC(C)(C)N(C)C(=O)Nc1ccc(C(C)=O)cc1. The maximum absolute atomic E-state index is 12.1. The third kappa shape index (κ3) is 3.81. The van der Waals surface area contributed by atoms with Gasteiger partial charge in [-0.05, 0) is 51.5 Å². The Bertz CT molecular complexity index is 464. The molecule has 0 saturated heterocycles. The first-order valence-corrected chi connectivity index (χ1v) is 6.43. The minimum Gasteiger partial charge on any atom is -0.322 e. The van der Waals surface area contributed by atoms with Crippen LogP contribution in [0.5, 0.6) is 0 Å². The molecule has 0 aromatic heterocycles. The molecule has 0 radical (unpaired) electrons. The third-order valence-electron chi connectivity index (χ3n) is 3.62. The van der Waals surface area contributed by atoms with Gasteiger partial charge in [0, 0.05) is 23.8 Å². The lowest BCUT2D eigenvalue weighted by molar-refractivity contribution is 0.101. The van der Waals surface area contributed by atoms with Gasteiger partial charge in [-0.25, -0.2) is 4.79 Å². The number of nitrogens with one attached hydrogen (secondary N) is 1. The number of hydrogen-bond donors (Lipinski definition) is 1. The van der Waals surface area contributed by atoms with Gasteiger partial charge in [-0.3, -0.25) is 4.79 Å². The zero-order valence-corrected chi connectivity index (χ0v) is 12.3. The molecule has 0 bridgehead atoms. The summed E-state index contributed by atoms with van der Waals surface area (Å²) in [5, 5.41) is 2.82. The highest BCUT2D eigenvalue weighted by atomic mass is 16.2. The Morgan fingerprint density at radius 1 is 1.21 bits per heavy atom. The van der Waals surface area contributed by atoms with Crippen molar-refractivity contribution < 1.29 is 9.59 Å². The predicted molar refractivity (Wildman–Crippen MR) is 77.6 cm³/mol. The molecule has 0 aliphatic rings. The van der Waals surface area contributed by atoms with Gasteiger partial charge in [0.25, 0.3) is 0 Å². The van der Waals surface area contributed by atoms with Gasteiger partial charge < -0.3 is 10.2 Å². The molecule has 1 rings (SSSR count). The second-order valence-corrected chi connectivity index (χ2v) is 5.29. The number of carbonyl (C=O) groups is 2. The number of urea groups is 1. The summed E-state index contributed by atoms with van der Waals surface area (Å²) in [5.74, 6) is 0.0158. The van der Waals surface area contributed by atoms with E-state index in [9.17, 15) is 9.59 Å². The molecule has 4 nitrogen and oxygen atoms in total.